The molecule has 2 unspecified atom stereocenters. The van der Waals surface area contributed by atoms with E-state index in [9.17, 15) is 40.2 Å². The van der Waals surface area contributed by atoms with Crippen LogP contribution < -0.4 is 0 Å². The highest BCUT2D eigenvalue weighted by atomic mass is 16.5. The molecule has 416 valence electrons. The van der Waals surface area contributed by atoms with Crippen LogP contribution in [0.3, 0.4) is 0 Å². The molecule has 1 aliphatic heterocycles. The first-order valence-corrected chi connectivity index (χ1v) is 26.9. The Morgan fingerprint density at radius 3 is 0.821 bits per heavy atom. The summed E-state index contributed by atoms with van der Waals surface area (Å²) in [5, 5.41) is 71.5. The number of fused-ring (bicyclic) bond motifs is 8. The number of ether oxygens (including phenoxy) is 2. The number of esters is 2. The molecule has 0 spiro atoms. The van der Waals surface area contributed by atoms with Crippen LogP contribution in [0.5, 0.6) is 34.5 Å². The monoisotopic (exact) mass is 1060 g/mol. The predicted molar refractivity (Wildman–Crippen MR) is 307 cm³/mol. The average Bonchev–Trinajstić information content (AvgIpc) is 3.35. The quantitative estimate of drug-likeness (QED) is 0.0796. The molecule has 78 heavy (non-hydrogen) atoms. The second kappa shape index (κ2) is 22.8. The van der Waals surface area contributed by atoms with E-state index in [1.807, 2.05) is 58.3 Å². The molecule has 0 amide bonds. The van der Waals surface area contributed by atoms with E-state index in [0.29, 0.717) is 44.5 Å². The second-order valence-corrected chi connectivity index (χ2v) is 25.6. The van der Waals surface area contributed by atoms with Gasteiger partial charge in [0.25, 0.3) is 0 Å². The minimum absolute atomic E-state index is 0.0176. The van der Waals surface area contributed by atoms with Crippen molar-refractivity contribution in [2.24, 2.45) is 0 Å². The van der Waals surface area contributed by atoms with Crippen LogP contribution in [-0.2, 0) is 92.6 Å². The Morgan fingerprint density at radius 1 is 0.397 bits per heavy atom. The van der Waals surface area contributed by atoms with E-state index < -0.39 is 45.7 Å². The van der Waals surface area contributed by atoms with Gasteiger partial charge >= 0.3 is 11.9 Å². The zero-order valence-corrected chi connectivity index (χ0v) is 48.3. The van der Waals surface area contributed by atoms with Gasteiger partial charge in [0.05, 0.1) is 14.2 Å². The minimum atomic E-state index is -0.948. The van der Waals surface area contributed by atoms with Crippen molar-refractivity contribution in [1.29, 1.82) is 0 Å². The van der Waals surface area contributed by atoms with Crippen LogP contribution in [0.4, 0.5) is 0 Å². The molecule has 0 saturated carbocycles. The normalized spacial score (nSPS) is 15.1. The summed E-state index contributed by atoms with van der Waals surface area (Å²) in [5.74, 6) is -0.977. The molecule has 8 bridgehead atoms. The number of hydrogen-bond donors (Lipinski definition) is 6. The van der Waals surface area contributed by atoms with Crippen LogP contribution in [-0.4, -0.2) is 78.7 Å². The lowest BCUT2D eigenvalue weighted by Gasteiger charge is -2.33. The summed E-state index contributed by atoms with van der Waals surface area (Å²) in [6, 6.07) is 27.1. The van der Waals surface area contributed by atoms with Crippen molar-refractivity contribution in [2.45, 2.75) is 169 Å². The maximum absolute atomic E-state index is 14.3. The molecular weight excluding hydrogens is 981 g/mol. The van der Waals surface area contributed by atoms with Gasteiger partial charge in [-0.2, -0.15) is 0 Å². The van der Waals surface area contributed by atoms with E-state index in [1.54, 1.807) is 48.5 Å². The summed E-state index contributed by atoms with van der Waals surface area (Å²) in [5.41, 5.74) is 7.67. The van der Waals surface area contributed by atoms with Crippen molar-refractivity contribution in [3.05, 3.63) is 175 Å². The van der Waals surface area contributed by atoms with Crippen molar-refractivity contribution in [2.75, 3.05) is 14.2 Å². The second-order valence-electron chi connectivity index (χ2n) is 25.6. The van der Waals surface area contributed by atoms with Gasteiger partial charge in [-0.1, -0.05) is 156 Å². The molecule has 6 aromatic carbocycles. The maximum atomic E-state index is 14.3. The number of hydrogen-bond acceptors (Lipinski definition) is 12. The van der Waals surface area contributed by atoms with E-state index in [2.05, 4.69) is 83.1 Å². The first kappa shape index (κ1) is 58.7. The standard InChI is InChI=1S/C66H82N2O10/c1-63(2,3)49-27-41-25-42-28-50(64(4,5)6)33-47(58(42)72)37-68(56(62(76)78-14)24-40-17-21-54(70)22-18-40)38-48-34-52(66(10,11)12)30-44(60(48)74)26-43-29-51(65(7,8)9)32-46(59(43)73)36-67(35-45(31-49)57(41)71)55(61(75)77-13)23-39-15-19-53(69)20-16-39/h15-22,27-34,55-56,69-74H,23-26,35-38H2,1-14H3. The van der Waals surface area contributed by atoms with Crippen molar-refractivity contribution < 1.29 is 49.7 Å². The third-order valence-electron chi connectivity index (χ3n) is 15.3. The van der Waals surface area contributed by atoms with Gasteiger partial charge in [0.1, 0.15) is 46.6 Å². The first-order valence-electron chi connectivity index (χ1n) is 26.9. The van der Waals surface area contributed by atoms with Crippen LogP contribution >= 0.6 is 0 Å². The lowest BCUT2D eigenvalue weighted by atomic mass is 9.81. The van der Waals surface area contributed by atoms with Crippen LogP contribution in [0, 0.1) is 0 Å². The molecule has 0 aliphatic carbocycles. The Hall–Kier alpha value is -7.02. The number of methoxy groups -OCH3 is 2. The number of phenolic OH excluding ortho intramolecular Hbond substituents is 6. The molecule has 7 rings (SSSR count). The number of phenols is 6. The van der Waals surface area contributed by atoms with Gasteiger partial charge < -0.3 is 40.1 Å². The smallest absolute Gasteiger partial charge is 0.323 e. The van der Waals surface area contributed by atoms with Gasteiger partial charge in [-0.3, -0.25) is 19.4 Å². The van der Waals surface area contributed by atoms with E-state index >= 15 is 0 Å². The van der Waals surface area contributed by atoms with Gasteiger partial charge in [-0.05, 0) is 114 Å². The SMILES string of the molecule is COC(=O)C(Cc1ccc(O)cc1)N1Cc2cc(C(C)(C)C)cc(c2O)Cc2cc(C(C)(C)C)cc(c2O)CN(C(Cc2ccc(O)cc2)C(=O)OC)Cc2cc(C(C)(C)C)cc(c2O)Cc2cc(C(C)(C)C)cc(c2O)C1. The van der Waals surface area contributed by atoms with Gasteiger partial charge in [0.15, 0.2) is 0 Å². The van der Waals surface area contributed by atoms with E-state index in [1.165, 1.54) is 14.2 Å². The van der Waals surface area contributed by atoms with Gasteiger partial charge in [-0.15, -0.1) is 0 Å². The number of aromatic hydroxyl groups is 6. The van der Waals surface area contributed by atoms with Crippen LogP contribution in [0.1, 0.15) is 161 Å². The summed E-state index contributed by atoms with van der Waals surface area (Å²) in [7, 11) is 2.68. The molecule has 0 radical (unpaired) electrons. The first-order chi connectivity index (χ1) is 36.3. The van der Waals surface area contributed by atoms with E-state index in [-0.39, 0.29) is 86.4 Å². The number of benzene rings is 6. The third-order valence-corrected chi connectivity index (χ3v) is 15.3. The van der Waals surface area contributed by atoms with Crippen molar-refractivity contribution in [3.63, 3.8) is 0 Å². The lowest BCUT2D eigenvalue weighted by Crippen LogP contribution is -2.43. The van der Waals surface area contributed by atoms with Crippen molar-refractivity contribution in [3.8, 4) is 34.5 Å². The Balaban J connectivity index is 1.57. The van der Waals surface area contributed by atoms with Gasteiger partial charge in [-0.25, -0.2) is 0 Å². The molecule has 6 aromatic rings. The summed E-state index contributed by atoms with van der Waals surface area (Å²) in [4.78, 5) is 32.5. The summed E-state index contributed by atoms with van der Waals surface area (Å²) >= 11 is 0. The Bertz CT molecular complexity index is 2800. The van der Waals surface area contributed by atoms with E-state index in [4.69, 9.17) is 9.47 Å². The van der Waals surface area contributed by atoms with Gasteiger partial charge in [0, 0.05) is 61.3 Å². The number of rotatable bonds is 8. The van der Waals surface area contributed by atoms with Gasteiger partial charge in [0.2, 0.25) is 0 Å². The largest absolute Gasteiger partial charge is 0.508 e. The molecule has 1 aliphatic rings. The molecule has 0 aromatic heterocycles. The van der Waals surface area contributed by atoms with Crippen LogP contribution in [0.2, 0.25) is 0 Å². The number of carbonyl (C=O) groups is 2. The van der Waals surface area contributed by atoms with Crippen LogP contribution in [0.25, 0.3) is 0 Å². The van der Waals surface area contributed by atoms with Crippen molar-refractivity contribution in [1.82, 2.24) is 9.80 Å². The summed E-state index contributed by atoms with van der Waals surface area (Å²) in [6.07, 6.45) is 0.536. The van der Waals surface area contributed by atoms with Crippen LogP contribution in [0.15, 0.2) is 97.1 Å². The fourth-order valence-corrected chi connectivity index (χ4v) is 10.3. The molecule has 12 heteroatoms. The molecule has 1 heterocycles. The van der Waals surface area contributed by atoms with E-state index in [0.717, 1.165) is 33.4 Å². The Kier molecular flexibility index (Phi) is 17.1. The Labute approximate surface area is 461 Å². The molecular formula is C66H82N2O10. The highest BCUT2D eigenvalue weighted by molar-refractivity contribution is 5.77. The fourth-order valence-electron chi connectivity index (χ4n) is 10.3. The highest BCUT2D eigenvalue weighted by Gasteiger charge is 2.35. The fraction of sp³-hybridized carbons (Fsp3) is 0.424. The lowest BCUT2D eigenvalue weighted by molar-refractivity contribution is -0.148. The summed E-state index contributed by atoms with van der Waals surface area (Å²) in [6.45, 7) is 25.2. The molecule has 2 atom stereocenters. The molecule has 6 N–H and O–H groups in total. The third kappa shape index (κ3) is 13.6. The summed E-state index contributed by atoms with van der Waals surface area (Å²) < 4.78 is 11.1. The minimum Gasteiger partial charge on any atom is -0.508 e. The topological polar surface area (TPSA) is 180 Å². The Morgan fingerprint density at radius 2 is 0.615 bits per heavy atom. The average molecular weight is 1060 g/mol. The number of nitrogens with zero attached hydrogens (tertiary/aromatic N) is 2. The maximum Gasteiger partial charge on any atom is 0.323 e. The zero-order chi connectivity index (χ0) is 57.4. The molecule has 0 fully saturated rings. The highest BCUT2D eigenvalue weighted by Crippen LogP contribution is 2.42. The molecule has 12 nitrogen and oxygen atoms in total. The van der Waals surface area contributed by atoms with Crippen molar-refractivity contribution >= 4 is 11.9 Å². The molecule has 0 saturated heterocycles. The number of carbonyl (C=O) groups excluding carboxylic acids is 2. The zero-order valence-electron chi connectivity index (χ0n) is 48.3. The predicted octanol–water partition coefficient (Wildman–Crippen LogP) is 12.2.